The molecule has 0 saturated carbocycles. The zero-order chi connectivity index (χ0) is 13.8. The molecule has 0 heterocycles. The van der Waals surface area contributed by atoms with E-state index in [4.69, 9.17) is 34.8 Å². The second-order valence-electron chi connectivity index (χ2n) is 4.21. The lowest BCUT2D eigenvalue weighted by Gasteiger charge is -2.14. The summed E-state index contributed by atoms with van der Waals surface area (Å²) in [6.07, 6.45) is 0.461. The van der Waals surface area contributed by atoms with E-state index in [0.717, 1.165) is 11.1 Å². The first-order valence-corrected chi connectivity index (χ1v) is 6.89. The summed E-state index contributed by atoms with van der Waals surface area (Å²) in [6.45, 7) is 0. The van der Waals surface area contributed by atoms with Crippen molar-refractivity contribution in [3.63, 3.8) is 0 Å². The van der Waals surface area contributed by atoms with Gasteiger partial charge in [-0.1, -0.05) is 53.5 Å². The summed E-state index contributed by atoms with van der Waals surface area (Å²) in [5.74, 6) is -0.444. The fourth-order valence-electron chi connectivity index (χ4n) is 1.94. The molecule has 2 rings (SSSR count). The second kappa shape index (κ2) is 6.42. The van der Waals surface area contributed by atoms with Gasteiger partial charge in [-0.25, -0.2) is 0 Å². The summed E-state index contributed by atoms with van der Waals surface area (Å²) in [7, 11) is 0. The Morgan fingerprint density at radius 3 is 2.42 bits per heavy atom. The predicted octanol–water partition coefficient (Wildman–Crippen LogP) is 5.09. The van der Waals surface area contributed by atoms with Crippen molar-refractivity contribution >= 4 is 40.0 Å². The third-order valence-corrected chi connectivity index (χ3v) is 3.77. The Bertz CT molecular complexity index is 595. The zero-order valence-electron chi connectivity index (χ0n) is 9.95. The van der Waals surface area contributed by atoms with E-state index in [9.17, 15) is 4.79 Å². The molecule has 0 spiro atoms. The number of benzene rings is 2. The molecule has 0 bridgehead atoms. The van der Waals surface area contributed by atoms with Crippen molar-refractivity contribution < 1.29 is 4.79 Å². The molecule has 1 atom stereocenters. The number of hydrogen-bond donors (Lipinski definition) is 0. The van der Waals surface area contributed by atoms with Crippen LogP contribution in [0.4, 0.5) is 0 Å². The summed E-state index contributed by atoms with van der Waals surface area (Å²) in [4.78, 5) is 11.7. The Kier molecular flexibility index (Phi) is 4.87. The fraction of sp³-hybridized carbons (Fsp3) is 0.133. The van der Waals surface area contributed by atoms with Crippen molar-refractivity contribution in [1.82, 2.24) is 0 Å². The van der Waals surface area contributed by atoms with E-state index in [-0.39, 0.29) is 0 Å². The van der Waals surface area contributed by atoms with Gasteiger partial charge in [-0.05, 0) is 47.3 Å². The van der Waals surface area contributed by atoms with E-state index in [0.29, 0.717) is 16.5 Å². The molecular formula is C15H11Cl3O. The summed E-state index contributed by atoms with van der Waals surface area (Å²) in [6, 6.07) is 14.6. The highest BCUT2D eigenvalue weighted by Gasteiger charge is 2.20. The largest absolute Gasteiger partial charge is 0.281 e. The number of carbonyl (C=O) groups excluding carboxylic acids is 1. The smallest absolute Gasteiger partial charge is 0.229 e. The Morgan fingerprint density at radius 2 is 1.79 bits per heavy atom. The van der Waals surface area contributed by atoms with Crippen molar-refractivity contribution in [1.29, 1.82) is 0 Å². The van der Waals surface area contributed by atoms with Gasteiger partial charge in [-0.3, -0.25) is 4.79 Å². The first-order valence-electron chi connectivity index (χ1n) is 5.76. The minimum atomic E-state index is -0.444. The van der Waals surface area contributed by atoms with Crippen LogP contribution in [0.2, 0.25) is 10.0 Å². The SMILES string of the molecule is O=C(Cl)C(Cc1ccccc1Cl)c1cccc(Cl)c1. The van der Waals surface area contributed by atoms with E-state index >= 15 is 0 Å². The van der Waals surface area contributed by atoms with Crippen LogP contribution in [-0.4, -0.2) is 5.24 Å². The van der Waals surface area contributed by atoms with Crippen LogP contribution in [-0.2, 0) is 11.2 Å². The molecule has 4 heteroatoms. The lowest BCUT2D eigenvalue weighted by molar-refractivity contribution is -0.113. The average molecular weight is 314 g/mol. The van der Waals surface area contributed by atoms with Crippen molar-refractivity contribution in [2.24, 2.45) is 0 Å². The normalized spacial score (nSPS) is 12.2. The van der Waals surface area contributed by atoms with E-state index < -0.39 is 11.2 Å². The van der Waals surface area contributed by atoms with Crippen LogP contribution in [0.25, 0.3) is 0 Å². The van der Waals surface area contributed by atoms with Gasteiger partial charge in [-0.15, -0.1) is 0 Å². The first-order chi connectivity index (χ1) is 9.08. The zero-order valence-corrected chi connectivity index (χ0v) is 12.2. The van der Waals surface area contributed by atoms with Gasteiger partial charge in [0.1, 0.15) is 0 Å². The molecule has 0 aliphatic carbocycles. The van der Waals surface area contributed by atoms with Crippen LogP contribution in [0, 0.1) is 0 Å². The minimum Gasteiger partial charge on any atom is -0.281 e. The third kappa shape index (κ3) is 3.73. The highest BCUT2D eigenvalue weighted by atomic mass is 35.5. The molecule has 0 N–H and O–H groups in total. The third-order valence-electron chi connectivity index (χ3n) is 2.91. The lowest BCUT2D eigenvalue weighted by Crippen LogP contribution is -2.10. The molecule has 2 aromatic carbocycles. The monoisotopic (exact) mass is 312 g/mol. The molecule has 0 aliphatic rings. The van der Waals surface area contributed by atoms with Crippen LogP contribution in [0.5, 0.6) is 0 Å². The molecule has 0 aromatic heterocycles. The van der Waals surface area contributed by atoms with Gasteiger partial charge < -0.3 is 0 Å². The fourth-order valence-corrected chi connectivity index (χ4v) is 2.55. The van der Waals surface area contributed by atoms with Crippen LogP contribution in [0.15, 0.2) is 48.5 Å². The summed E-state index contributed by atoms with van der Waals surface area (Å²) in [5.41, 5.74) is 1.69. The Balaban J connectivity index is 2.32. The van der Waals surface area contributed by atoms with E-state index in [1.165, 1.54) is 0 Å². The Morgan fingerprint density at radius 1 is 1.05 bits per heavy atom. The maximum Gasteiger partial charge on any atom is 0.229 e. The van der Waals surface area contributed by atoms with Crippen LogP contribution in [0.1, 0.15) is 17.0 Å². The Hall–Kier alpha value is -1.02. The molecule has 0 fully saturated rings. The molecule has 98 valence electrons. The number of rotatable bonds is 4. The highest BCUT2D eigenvalue weighted by Crippen LogP contribution is 2.28. The summed E-state index contributed by atoms with van der Waals surface area (Å²) >= 11 is 17.8. The van der Waals surface area contributed by atoms with Crippen molar-refractivity contribution in [3.8, 4) is 0 Å². The molecule has 1 nitrogen and oxygen atoms in total. The molecule has 0 aliphatic heterocycles. The summed E-state index contributed by atoms with van der Waals surface area (Å²) in [5, 5.41) is 0.800. The van der Waals surface area contributed by atoms with Crippen LogP contribution < -0.4 is 0 Å². The van der Waals surface area contributed by atoms with Gasteiger partial charge in [-0.2, -0.15) is 0 Å². The quantitative estimate of drug-likeness (QED) is 0.719. The molecule has 0 amide bonds. The number of halogens is 3. The predicted molar refractivity (Wildman–Crippen MR) is 80.2 cm³/mol. The first kappa shape index (κ1) is 14.4. The van der Waals surface area contributed by atoms with Gasteiger partial charge in [0.2, 0.25) is 5.24 Å². The molecule has 1 unspecified atom stereocenters. The number of hydrogen-bond acceptors (Lipinski definition) is 1. The highest BCUT2D eigenvalue weighted by molar-refractivity contribution is 6.64. The summed E-state index contributed by atoms with van der Waals surface area (Å²) < 4.78 is 0. The topological polar surface area (TPSA) is 17.1 Å². The maximum atomic E-state index is 11.7. The second-order valence-corrected chi connectivity index (χ2v) is 5.42. The van der Waals surface area contributed by atoms with Gasteiger partial charge in [0.05, 0.1) is 5.92 Å². The molecular weight excluding hydrogens is 303 g/mol. The molecule has 2 aromatic rings. The average Bonchev–Trinajstić information content (AvgIpc) is 2.37. The standard InChI is InChI=1S/C15H11Cl3O/c16-12-6-3-5-10(8-12)13(15(18)19)9-11-4-1-2-7-14(11)17/h1-8,13H,9H2. The minimum absolute atomic E-state index is 0.415. The van der Waals surface area contributed by atoms with Crippen molar-refractivity contribution in [2.75, 3.05) is 0 Å². The van der Waals surface area contributed by atoms with E-state index in [1.807, 2.05) is 24.3 Å². The lowest BCUT2D eigenvalue weighted by atomic mass is 9.93. The van der Waals surface area contributed by atoms with Gasteiger partial charge in [0.25, 0.3) is 0 Å². The molecule has 0 saturated heterocycles. The van der Waals surface area contributed by atoms with Gasteiger partial charge in [0.15, 0.2) is 0 Å². The molecule has 0 radical (unpaired) electrons. The van der Waals surface area contributed by atoms with Gasteiger partial charge in [0, 0.05) is 10.0 Å². The van der Waals surface area contributed by atoms with Gasteiger partial charge >= 0.3 is 0 Å². The van der Waals surface area contributed by atoms with Crippen LogP contribution in [0.3, 0.4) is 0 Å². The maximum absolute atomic E-state index is 11.7. The van der Waals surface area contributed by atoms with Crippen molar-refractivity contribution in [3.05, 3.63) is 69.7 Å². The number of carbonyl (C=O) groups is 1. The van der Waals surface area contributed by atoms with E-state index in [1.54, 1.807) is 24.3 Å². The molecule has 19 heavy (non-hydrogen) atoms. The van der Waals surface area contributed by atoms with E-state index in [2.05, 4.69) is 0 Å². The van der Waals surface area contributed by atoms with Crippen LogP contribution >= 0.6 is 34.8 Å². The Labute approximate surface area is 127 Å². The van der Waals surface area contributed by atoms with Crippen molar-refractivity contribution in [2.45, 2.75) is 12.3 Å².